The maximum absolute atomic E-state index is 12.4. The molecule has 4 heteroatoms. The first-order valence-corrected chi connectivity index (χ1v) is 2.82. The summed E-state index contributed by atoms with van der Waals surface area (Å²) in [6.07, 6.45) is 1.11. The Morgan fingerprint density at radius 3 is 2.89 bits per heavy atom. The Balaban J connectivity index is 3.34. The lowest BCUT2D eigenvalue weighted by atomic mass is 10.4. The molecule has 1 N–H and O–H groups in total. The Morgan fingerprint density at radius 2 is 2.44 bits per heavy atom. The van der Waals surface area contributed by atoms with Gasteiger partial charge in [0.1, 0.15) is 0 Å². The molecule has 1 heterocycles. The molecule has 9 heavy (non-hydrogen) atoms. The van der Waals surface area contributed by atoms with Crippen molar-refractivity contribution in [3.05, 3.63) is 22.5 Å². The molecule has 0 saturated carbocycles. The van der Waals surface area contributed by atoms with Crippen molar-refractivity contribution in [3.63, 3.8) is 0 Å². The molecule has 1 aromatic heterocycles. The highest BCUT2D eigenvalue weighted by molar-refractivity contribution is 7.71. The van der Waals surface area contributed by atoms with E-state index in [1.165, 1.54) is 0 Å². The predicted octanol–water partition coefficient (Wildman–Crippen LogP) is 1.59. The van der Waals surface area contributed by atoms with E-state index in [9.17, 15) is 4.39 Å². The number of aryl methyl sites for hydroxylation is 1. The zero-order valence-electron chi connectivity index (χ0n) is 4.81. The lowest BCUT2D eigenvalue weighted by Crippen LogP contribution is -1.89. The zero-order valence-corrected chi connectivity index (χ0v) is 5.63. The van der Waals surface area contributed by atoms with Crippen LogP contribution in [-0.4, -0.2) is 9.97 Å². The van der Waals surface area contributed by atoms with Gasteiger partial charge in [-0.1, -0.05) is 0 Å². The summed E-state index contributed by atoms with van der Waals surface area (Å²) in [6, 6.07) is 0. The minimum atomic E-state index is -0.358. The number of hydrogen-bond acceptors (Lipinski definition) is 2. The van der Waals surface area contributed by atoms with E-state index >= 15 is 0 Å². The van der Waals surface area contributed by atoms with Crippen molar-refractivity contribution in [3.8, 4) is 0 Å². The van der Waals surface area contributed by atoms with Gasteiger partial charge in [-0.3, -0.25) is 0 Å². The maximum atomic E-state index is 12.4. The molecule has 48 valence electrons. The van der Waals surface area contributed by atoms with E-state index in [0.29, 0.717) is 10.5 Å². The summed E-state index contributed by atoms with van der Waals surface area (Å²) < 4.78 is 12.7. The van der Waals surface area contributed by atoms with Gasteiger partial charge in [-0.25, -0.2) is 9.37 Å². The van der Waals surface area contributed by atoms with E-state index in [1.54, 1.807) is 6.92 Å². The van der Waals surface area contributed by atoms with Gasteiger partial charge in [0.05, 0.1) is 11.9 Å². The van der Waals surface area contributed by atoms with Crippen LogP contribution in [0.1, 0.15) is 5.69 Å². The summed E-state index contributed by atoms with van der Waals surface area (Å²) in [5, 5.41) is 0. The molecule has 1 rings (SSSR count). The van der Waals surface area contributed by atoms with Crippen LogP contribution in [0.25, 0.3) is 0 Å². The van der Waals surface area contributed by atoms with Crippen LogP contribution < -0.4 is 0 Å². The first kappa shape index (κ1) is 6.35. The van der Waals surface area contributed by atoms with Gasteiger partial charge in [-0.05, 0) is 19.1 Å². The van der Waals surface area contributed by atoms with E-state index in [0.717, 1.165) is 6.20 Å². The summed E-state index contributed by atoms with van der Waals surface area (Å²) in [5.74, 6) is -0.358. The fourth-order valence-corrected chi connectivity index (χ4v) is 0.670. The van der Waals surface area contributed by atoms with Gasteiger partial charge >= 0.3 is 0 Å². The second-order valence-electron chi connectivity index (χ2n) is 1.66. The molecule has 0 unspecified atom stereocenters. The molecule has 2 nitrogen and oxygen atoms in total. The lowest BCUT2D eigenvalue weighted by molar-refractivity contribution is 0.600. The van der Waals surface area contributed by atoms with Crippen LogP contribution in [0.15, 0.2) is 6.20 Å². The number of aromatic amines is 1. The van der Waals surface area contributed by atoms with Crippen molar-refractivity contribution >= 4 is 12.2 Å². The van der Waals surface area contributed by atoms with E-state index in [-0.39, 0.29) is 5.82 Å². The molecule has 0 amide bonds. The van der Waals surface area contributed by atoms with Crippen LogP contribution in [0.3, 0.4) is 0 Å². The second kappa shape index (κ2) is 2.23. The topological polar surface area (TPSA) is 28.7 Å². The van der Waals surface area contributed by atoms with Crippen LogP contribution in [0.4, 0.5) is 4.39 Å². The number of aromatic nitrogens is 2. The highest BCUT2D eigenvalue weighted by Crippen LogP contribution is 1.97. The van der Waals surface area contributed by atoms with Crippen LogP contribution in [0, 0.1) is 17.5 Å². The van der Waals surface area contributed by atoms with Gasteiger partial charge in [0, 0.05) is 0 Å². The Kier molecular flexibility index (Phi) is 1.57. The fraction of sp³-hybridized carbons (Fsp3) is 0.200. The Morgan fingerprint density at radius 1 is 1.78 bits per heavy atom. The Bertz CT molecular complexity index is 268. The van der Waals surface area contributed by atoms with Gasteiger partial charge in [-0.15, -0.1) is 0 Å². The Labute approximate surface area is 56.8 Å². The van der Waals surface area contributed by atoms with Gasteiger partial charge in [0.2, 0.25) is 0 Å². The van der Waals surface area contributed by atoms with E-state index in [4.69, 9.17) is 0 Å². The summed E-state index contributed by atoms with van der Waals surface area (Å²) in [6.45, 7) is 1.60. The predicted molar refractivity (Wildman–Crippen MR) is 34.1 cm³/mol. The molecule has 1 aromatic rings. The summed E-state index contributed by atoms with van der Waals surface area (Å²) in [5.41, 5.74) is 0.426. The van der Waals surface area contributed by atoms with E-state index in [1.807, 2.05) is 0 Å². The van der Waals surface area contributed by atoms with Crippen molar-refractivity contribution in [2.45, 2.75) is 6.92 Å². The standard InChI is InChI=1S/C5H5FN2S/c1-3-4(6)2-7-5(9)8-3/h2H,1H3,(H,7,8,9). The van der Waals surface area contributed by atoms with Crippen LogP contribution in [-0.2, 0) is 0 Å². The number of halogens is 1. The molecular weight excluding hydrogens is 139 g/mol. The van der Waals surface area contributed by atoms with Gasteiger partial charge < -0.3 is 4.98 Å². The molecule has 0 aliphatic heterocycles. The van der Waals surface area contributed by atoms with Gasteiger partial charge in [0.15, 0.2) is 10.6 Å². The monoisotopic (exact) mass is 144 g/mol. The lowest BCUT2D eigenvalue weighted by Gasteiger charge is -1.91. The average Bonchev–Trinajstić information content (AvgIpc) is 1.80. The number of nitrogens with one attached hydrogen (secondary N) is 1. The smallest absolute Gasteiger partial charge is 0.197 e. The third kappa shape index (κ3) is 1.32. The molecule has 0 spiro atoms. The van der Waals surface area contributed by atoms with Crippen molar-refractivity contribution in [2.24, 2.45) is 0 Å². The van der Waals surface area contributed by atoms with Crippen molar-refractivity contribution in [2.75, 3.05) is 0 Å². The summed E-state index contributed by atoms with van der Waals surface area (Å²) in [7, 11) is 0. The van der Waals surface area contributed by atoms with Crippen LogP contribution >= 0.6 is 12.2 Å². The normalized spacial score (nSPS) is 9.56. The largest absolute Gasteiger partial charge is 0.332 e. The molecule has 0 atom stereocenters. The van der Waals surface area contributed by atoms with Crippen LogP contribution in [0.5, 0.6) is 0 Å². The quantitative estimate of drug-likeness (QED) is 0.560. The molecule has 0 radical (unpaired) electrons. The number of H-pyrrole nitrogens is 1. The van der Waals surface area contributed by atoms with Crippen LogP contribution in [0.2, 0.25) is 0 Å². The van der Waals surface area contributed by atoms with Crippen molar-refractivity contribution in [1.29, 1.82) is 0 Å². The first-order valence-electron chi connectivity index (χ1n) is 2.41. The van der Waals surface area contributed by atoms with E-state index in [2.05, 4.69) is 22.2 Å². The second-order valence-corrected chi connectivity index (χ2v) is 2.05. The highest BCUT2D eigenvalue weighted by atomic mass is 32.1. The fourth-order valence-electron chi connectivity index (χ4n) is 0.465. The number of nitrogens with zero attached hydrogens (tertiary/aromatic N) is 1. The Hall–Kier alpha value is -0.770. The van der Waals surface area contributed by atoms with Gasteiger partial charge in [-0.2, -0.15) is 0 Å². The average molecular weight is 144 g/mol. The molecule has 0 bridgehead atoms. The number of hydrogen-bond donors (Lipinski definition) is 1. The van der Waals surface area contributed by atoms with Crippen molar-refractivity contribution in [1.82, 2.24) is 9.97 Å². The molecular formula is C5H5FN2S. The third-order valence-corrected chi connectivity index (χ3v) is 1.16. The molecule has 0 saturated heterocycles. The third-order valence-electron chi connectivity index (χ3n) is 0.948. The number of rotatable bonds is 0. The maximum Gasteiger partial charge on any atom is 0.197 e. The van der Waals surface area contributed by atoms with E-state index < -0.39 is 0 Å². The summed E-state index contributed by atoms with van der Waals surface area (Å²) >= 11 is 4.63. The minimum absolute atomic E-state index is 0.314. The zero-order chi connectivity index (χ0) is 6.85. The minimum Gasteiger partial charge on any atom is -0.332 e. The van der Waals surface area contributed by atoms with Crippen molar-refractivity contribution < 1.29 is 4.39 Å². The molecule has 0 aliphatic rings. The molecule has 0 fully saturated rings. The highest BCUT2D eigenvalue weighted by Gasteiger charge is 1.92. The molecule has 0 aliphatic carbocycles. The first-order chi connectivity index (χ1) is 4.20. The summed E-state index contributed by atoms with van der Waals surface area (Å²) in [4.78, 5) is 6.09. The SMILES string of the molecule is Cc1[nH]c(=S)ncc1F. The molecule has 0 aromatic carbocycles. The van der Waals surface area contributed by atoms with Gasteiger partial charge in [0.25, 0.3) is 0 Å².